The van der Waals surface area contributed by atoms with Crippen LogP contribution in [0.5, 0.6) is 17.2 Å². The summed E-state index contributed by atoms with van der Waals surface area (Å²) in [6, 6.07) is 24.2. The van der Waals surface area contributed by atoms with Crippen molar-refractivity contribution >= 4 is 22.6 Å². The quantitative estimate of drug-likeness (QED) is 0.243. The molecule has 0 unspecified atom stereocenters. The highest BCUT2D eigenvalue weighted by Gasteiger charge is 2.14. The van der Waals surface area contributed by atoms with Gasteiger partial charge in [-0.05, 0) is 47.5 Å². The molecular formula is C25H18N4O4. The molecule has 4 aromatic carbocycles. The Hall–Kier alpha value is -4.85. The minimum Gasteiger partial charge on any atom is -0.508 e. The molecule has 0 bridgehead atoms. The first-order chi connectivity index (χ1) is 16.0. The van der Waals surface area contributed by atoms with Crippen LogP contribution >= 0.6 is 0 Å². The van der Waals surface area contributed by atoms with Crippen molar-refractivity contribution in [3.8, 4) is 34.1 Å². The van der Waals surface area contributed by atoms with E-state index in [1.165, 1.54) is 6.07 Å². The van der Waals surface area contributed by atoms with E-state index in [1.54, 1.807) is 18.2 Å². The normalized spacial score (nSPS) is 10.9. The first-order valence-corrected chi connectivity index (χ1v) is 10.1. The Labute approximate surface area is 188 Å². The van der Waals surface area contributed by atoms with Crippen molar-refractivity contribution < 1.29 is 20.1 Å². The van der Waals surface area contributed by atoms with Gasteiger partial charge < -0.3 is 20.6 Å². The van der Waals surface area contributed by atoms with Crippen LogP contribution in [0.15, 0.2) is 84.9 Å². The van der Waals surface area contributed by atoms with E-state index >= 15 is 0 Å². The van der Waals surface area contributed by atoms with E-state index in [9.17, 15) is 20.1 Å². The maximum absolute atomic E-state index is 12.3. The molecule has 5 rings (SSSR count). The third-order valence-corrected chi connectivity index (χ3v) is 5.16. The number of benzene rings is 4. The molecule has 0 radical (unpaired) electrons. The molecule has 0 aliphatic heterocycles. The lowest BCUT2D eigenvalue weighted by molar-refractivity contribution is 0.102. The van der Waals surface area contributed by atoms with Gasteiger partial charge >= 0.3 is 0 Å². The van der Waals surface area contributed by atoms with E-state index in [1.807, 2.05) is 54.6 Å². The maximum atomic E-state index is 12.3. The van der Waals surface area contributed by atoms with E-state index in [4.69, 9.17) is 0 Å². The summed E-state index contributed by atoms with van der Waals surface area (Å²) >= 11 is 0. The van der Waals surface area contributed by atoms with Crippen molar-refractivity contribution in [2.45, 2.75) is 0 Å². The van der Waals surface area contributed by atoms with Gasteiger partial charge in [0.25, 0.3) is 5.91 Å². The fourth-order valence-corrected chi connectivity index (χ4v) is 3.48. The van der Waals surface area contributed by atoms with E-state index in [-0.39, 0.29) is 17.3 Å². The standard InChI is InChI=1S/C25H18N4O4/c30-19-13-22(24(32)23(31)14-19)29-27-20-11-8-17(12-21(20)28-29)15-6-9-18(10-7-15)26-25(33)16-4-2-1-3-5-16/h1-14,30-32H,(H,26,33). The number of hydrogen-bond acceptors (Lipinski definition) is 6. The van der Waals surface area contributed by atoms with Crippen molar-refractivity contribution in [3.63, 3.8) is 0 Å². The second-order valence-electron chi connectivity index (χ2n) is 7.42. The first kappa shape index (κ1) is 20.1. The van der Waals surface area contributed by atoms with E-state index in [0.29, 0.717) is 22.3 Å². The highest BCUT2D eigenvalue weighted by Crippen LogP contribution is 2.35. The number of phenols is 3. The smallest absolute Gasteiger partial charge is 0.255 e. The number of nitrogens with zero attached hydrogens (tertiary/aromatic N) is 3. The number of aromatic nitrogens is 3. The summed E-state index contributed by atoms with van der Waals surface area (Å²) in [7, 11) is 0. The fraction of sp³-hybridized carbons (Fsp3) is 0. The molecule has 5 aromatic rings. The summed E-state index contributed by atoms with van der Waals surface area (Å²) in [5.74, 6) is -1.29. The third-order valence-electron chi connectivity index (χ3n) is 5.16. The zero-order valence-electron chi connectivity index (χ0n) is 17.2. The average Bonchev–Trinajstić information content (AvgIpc) is 3.25. The summed E-state index contributed by atoms with van der Waals surface area (Å²) in [5, 5.41) is 41.1. The molecule has 1 heterocycles. The van der Waals surface area contributed by atoms with Crippen LogP contribution in [-0.4, -0.2) is 36.2 Å². The number of hydrogen-bond donors (Lipinski definition) is 4. The molecule has 0 saturated heterocycles. The Morgan fingerprint density at radius 2 is 1.45 bits per heavy atom. The van der Waals surface area contributed by atoms with Gasteiger partial charge in [-0.1, -0.05) is 36.4 Å². The predicted molar refractivity (Wildman–Crippen MR) is 124 cm³/mol. The Balaban J connectivity index is 1.41. The van der Waals surface area contributed by atoms with Crippen LogP contribution in [0.3, 0.4) is 0 Å². The lowest BCUT2D eigenvalue weighted by Gasteiger charge is -2.07. The minimum absolute atomic E-state index is 0.0590. The summed E-state index contributed by atoms with van der Waals surface area (Å²) in [6.07, 6.45) is 0. The molecule has 0 atom stereocenters. The van der Waals surface area contributed by atoms with Gasteiger partial charge in [0.15, 0.2) is 11.5 Å². The molecule has 1 amide bonds. The van der Waals surface area contributed by atoms with Gasteiger partial charge in [-0.25, -0.2) is 0 Å². The maximum Gasteiger partial charge on any atom is 0.255 e. The fourth-order valence-electron chi connectivity index (χ4n) is 3.48. The molecule has 0 saturated carbocycles. The van der Waals surface area contributed by atoms with Gasteiger partial charge in [0, 0.05) is 23.4 Å². The Kier molecular flexibility index (Phi) is 4.87. The van der Waals surface area contributed by atoms with Crippen LogP contribution in [-0.2, 0) is 0 Å². The number of aromatic hydroxyl groups is 3. The highest BCUT2D eigenvalue weighted by molar-refractivity contribution is 6.04. The van der Waals surface area contributed by atoms with Crippen molar-refractivity contribution in [1.82, 2.24) is 15.0 Å². The Morgan fingerprint density at radius 3 is 2.21 bits per heavy atom. The van der Waals surface area contributed by atoms with E-state index in [0.717, 1.165) is 22.0 Å². The number of rotatable bonds is 4. The SMILES string of the molecule is O=C(Nc1ccc(-c2ccc3nn(-c4cc(O)cc(O)c4O)nc3c2)cc1)c1ccccc1. The lowest BCUT2D eigenvalue weighted by Crippen LogP contribution is -2.11. The Morgan fingerprint density at radius 1 is 0.758 bits per heavy atom. The average molecular weight is 438 g/mol. The second kappa shape index (κ2) is 8.01. The molecular weight excluding hydrogens is 420 g/mol. The minimum atomic E-state index is -0.466. The van der Waals surface area contributed by atoms with Gasteiger partial charge in [0.1, 0.15) is 22.5 Å². The van der Waals surface area contributed by atoms with Crippen molar-refractivity contribution in [3.05, 3.63) is 90.5 Å². The van der Waals surface area contributed by atoms with E-state index < -0.39 is 11.5 Å². The number of phenolic OH excluding ortho intramolecular Hbond substituents is 3. The molecule has 8 heteroatoms. The summed E-state index contributed by atoms with van der Waals surface area (Å²) in [5.41, 5.74) is 4.27. The van der Waals surface area contributed by atoms with Crippen LogP contribution in [0.1, 0.15) is 10.4 Å². The molecule has 0 aliphatic rings. The third kappa shape index (κ3) is 3.92. The summed E-state index contributed by atoms with van der Waals surface area (Å²) in [4.78, 5) is 13.5. The van der Waals surface area contributed by atoms with Crippen molar-refractivity contribution in [1.29, 1.82) is 0 Å². The van der Waals surface area contributed by atoms with Gasteiger partial charge in [-0.2, -0.15) is 0 Å². The molecule has 8 nitrogen and oxygen atoms in total. The number of fused-ring (bicyclic) bond motifs is 1. The molecule has 162 valence electrons. The van der Waals surface area contributed by atoms with Gasteiger partial charge in [-0.15, -0.1) is 15.0 Å². The van der Waals surface area contributed by atoms with Crippen molar-refractivity contribution in [2.24, 2.45) is 0 Å². The summed E-state index contributed by atoms with van der Waals surface area (Å²) < 4.78 is 0. The number of nitrogens with one attached hydrogen (secondary N) is 1. The molecule has 0 aliphatic carbocycles. The monoisotopic (exact) mass is 438 g/mol. The molecule has 4 N–H and O–H groups in total. The topological polar surface area (TPSA) is 121 Å². The van der Waals surface area contributed by atoms with Gasteiger partial charge in [0.05, 0.1) is 0 Å². The number of carbonyl (C=O) groups excluding carboxylic acids is 1. The zero-order chi connectivity index (χ0) is 22.9. The largest absolute Gasteiger partial charge is 0.508 e. The lowest BCUT2D eigenvalue weighted by atomic mass is 10.0. The second-order valence-corrected chi connectivity index (χ2v) is 7.42. The molecule has 0 fully saturated rings. The van der Waals surface area contributed by atoms with Gasteiger partial charge in [-0.3, -0.25) is 4.79 Å². The number of carbonyl (C=O) groups is 1. The van der Waals surface area contributed by atoms with Crippen molar-refractivity contribution in [2.75, 3.05) is 5.32 Å². The van der Waals surface area contributed by atoms with Crippen LogP contribution < -0.4 is 5.32 Å². The van der Waals surface area contributed by atoms with Gasteiger partial charge in [0.2, 0.25) is 0 Å². The zero-order valence-corrected chi connectivity index (χ0v) is 17.2. The number of amides is 1. The number of anilines is 1. The van der Waals surface area contributed by atoms with Crippen LogP contribution in [0.2, 0.25) is 0 Å². The molecule has 33 heavy (non-hydrogen) atoms. The van der Waals surface area contributed by atoms with E-state index in [2.05, 4.69) is 15.5 Å². The van der Waals surface area contributed by atoms with Crippen LogP contribution in [0, 0.1) is 0 Å². The van der Waals surface area contributed by atoms with Crippen LogP contribution in [0.25, 0.3) is 27.8 Å². The first-order valence-electron chi connectivity index (χ1n) is 10.1. The predicted octanol–water partition coefficient (Wildman–Crippen LogP) is 4.46. The summed E-state index contributed by atoms with van der Waals surface area (Å²) in [6.45, 7) is 0. The molecule has 1 aromatic heterocycles. The molecule has 0 spiro atoms. The van der Waals surface area contributed by atoms with Crippen LogP contribution in [0.4, 0.5) is 5.69 Å². The Bertz CT molecular complexity index is 1480. The highest BCUT2D eigenvalue weighted by atomic mass is 16.3.